The van der Waals surface area contributed by atoms with Crippen LogP contribution in [0.3, 0.4) is 0 Å². The summed E-state index contributed by atoms with van der Waals surface area (Å²) < 4.78 is 11.1. The highest BCUT2D eigenvalue weighted by molar-refractivity contribution is 5.79. The quantitative estimate of drug-likeness (QED) is 0.782. The lowest BCUT2D eigenvalue weighted by Crippen LogP contribution is -2.32. The zero-order chi connectivity index (χ0) is 21.1. The van der Waals surface area contributed by atoms with Crippen LogP contribution in [0.2, 0.25) is 0 Å². The molecule has 0 saturated heterocycles. The Labute approximate surface area is 177 Å². The molecule has 5 heteroatoms. The number of hydrogen-bond donors (Lipinski definition) is 1. The molecule has 1 fully saturated rings. The van der Waals surface area contributed by atoms with Gasteiger partial charge in [-0.15, -0.1) is 0 Å². The zero-order valence-corrected chi connectivity index (χ0v) is 17.6. The second-order valence-electron chi connectivity index (χ2n) is 8.47. The summed E-state index contributed by atoms with van der Waals surface area (Å²) in [7, 11) is 1.43. The molecule has 158 valence electrons. The number of benzene rings is 2. The Morgan fingerprint density at radius 3 is 2.73 bits per heavy atom. The summed E-state index contributed by atoms with van der Waals surface area (Å²) in [5, 5.41) is 3.02. The first-order valence-electron chi connectivity index (χ1n) is 10.7. The summed E-state index contributed by atoms with van der Waals surface area (Å²) in [6, 6.07) is 16.3. The Morgan fingerprint density at radius 2 is 1.97 bits per heavy atom. The molecule has 1 N–H and O–H groups in total. The summed E-state index contributed by atoms with van der Waals surface area (Å²) in [6.07, 6.45) is 2.00. The zero-order valence-electron chi connectivity index (χ0n) is 17.6. The molecule has 0 bridgehead atoms. The normalized spacial score (nSPS) is 25.7. The predicted octanol–water partition coefficient (Wildman–Crippen LogP) is 3.86. The van der Waals surface area contributed by atoms with E-state index in [4.69, 9.17) is 9.47 Å². The maximum absolute atomic E-state index is 12.5. The first-order chi connectivity index (χ1) is 14.6. The molecule has 4 rings (SSSR count). The van der Waals surface area contributed by atoms with Gasteiger partial charge in [0.25, 0.3) is 0 Å². The summed E-state index contributed by atoms with van der Waals surface area (Å²) in [4.78, 5) is 25.0. The smallest absolute Gasteiger partial charge is 0.309 e. The number of amides is 1. The van der Waals surface area contributed by atoms with E-state index in [1.165, 1.54) is 18.2 Å². The average molecular weight is 408 g/mol. The Bertz CT molecular complexity index is 911. The number of carbonyl (C=O) groups excluding carboxylic acids is 2. The fourth-order valence-electron chi connectivity index (χ4n) is 5.18. The number of ether oxygens (including phenoxy) is 2. The van der Waals surface area contributed by atoms with E-state index < -0.39 is 0 Å². The molecule has 5 nitrogen and oxygen atoms in total. The van der Waals surface area contributed by atoms with Crippen molar-refractivity contribution >= 4 is 11.9 Å². The molecule has 2 aliphatic rings. The van der Waals surface area contributed by atoms with Gasteiger partial charge in [-0.25, -0.2) is 0 Å². The van der Waals surface area contributed by atoms with Crippen LogP contribution in [0, 0.1) is 17.8 Å². The Kier molecular flexibility index (Phi) is 6.07. The van der Waals surface area contributed by atoms with E-state index in [1.54, 1.807) is 0 Å². The maximum atomic E-state index is 12.5. The van der Waals surface area contributed by atoms with E-state index in [9.17, 15) is 9.59 Å². The fourth-order valence-corrected chi connectivity index (χ4v) is 5.18. The first-order valence-corrected chi connectivity index (χ1v) is 10.7. The minimum Gasteiger partial charge on any atom is -0.489 e. The van der Waals surface area contributed by atoms with Crippen LogP contribution in [0.4, 0.5) is 0 Å². The molecule has 1 aliphatic heterocycles. The van der Waals surface area contributed by atoms with Gasteiger partial charge in [0.1, 0.15) is 12.4 Å². The monoisotopic (exact) mass is 407 g/mol. The Morgan fingerprint density at radius 1 is 1.17 bits per heavy atom. The molecule has 2 aromatic carbocycles. The van der Waals surface area contributed by atoms with Gasteiger partial charge in [-0.05, 0) is 59.4 Å². The van der Waals surface area contributed by atoms with Gasteiger partial charge in [0.2, 0.25) is 5.91 Å². The van der Waals surface area contributed by atoms with E-state index in [2.05, 4.69) is 24.4 Å². The van der Waals surface area contributed by atoms with Gasteiger partial charge >= 0.3 is 5.97 Å². The van der Waals surface area contributed by atoms with Gasteiger partial charge in [0, 0.05) is 13.0 Å². The number of hydrogen-bond acceptors (Lipinski definition) is 4. The molecular weight excluding hydrogens is 378 g/mol. The van der Waals surface area contributed by atoms with Crippen LogP contribution in [-0.4, -0.2) is 25.5 Å². The molecule has 0 unspecified atom stereocenters. The molecule has 2 aromatic rings. The van der Waals surface area contributed by atoms with E-state index in [1.807, 2.05) is 36.4 Å². The van der Waals surface area contributed by atoms with Crippen molar-refractivity contribution in [2.75, 3.05) is 13.7 Å². The third-order valence-electron chi connectivity index (χ3n) is 6.59. The molecule has 0 radical (unpaired) electrons. The Balaban J connectivity index is 1.62. The SMILES string of the molecule is COC(=O)[C@H]1[C@@H]2CC(=O)NCCc3cc(OCc4ccccc4)ccc3[C@H]2C[C@@H]1C. The molecule has 1 amide bonds. The van der Waals surface area contributed by atoms with Crippen molar-refractivity contribution < 1.29 is 19.1 Å². The van der Waals surface area contributed by atoms with Crippen LogP contribution in [0.15, 0.2) is 48.5 Å². The van der Waals surface area contributed by atoms with E-state index in [0.29, 0.717) is 19.6 Å². The van der Waals surface area contributed by atoms with Gasteiger partial charge in [-0.2, -0.15) is 0 Å². The van der Waals surface area contributed by atoms with Crippen LogP contribution in [0.1, 0.15) is 42.4 Å². The van der Waals surface area contributed by atoms with Crippen LogP contribution in [0.25, 0.3) is 0 Å². The highest BCUT2D eigenvalue weighted by Crippen LogP contribution is 2.50. The molecule has 1 heterocycles. The number of esters is 1. The van der Waals surface area contributed by atoms with Gasteiger partial charge in [-0.1, -0.05) is 43.3 Å². The van der Waals surface area contributed by atoms with Crippen molar-refractivity contribution in [3.05, 3.63) is 65.2 Å². The van der Waals surface area contributed by atoms with Crippen molar-refractivity contribution in [1.29, 1.82) is 0 Å². The van der Waals surface area contributed by atoms with Crippen molar-refractivity contribution in [2.24, 2.45) is 17.8 Å². The number of carbonyl (C=O) groups is 2. The molecule has 0 aromatic heterocycles. The predicted molar refractivity (Wildman–Crippen MR) is 114 cm³/mol. The van der Waals surface area contributed by atoms with Crippen LogP contribution in [0.5, 0.6) is 5.75 Å². The van der Waals surface area contributed by atoms with Gasteiger partial charge in [-0.3, -0.25) is 9.59 Å². The van der Waals surface area contributed by atoms with Crippen LogP contribution < -0.4 is 10.1 Å². The molecule has 1 aliphatic carbocycles. The molecule has 30 heavy (non-hydrogen) atoms. The topological polar surface area (TPSA) is 64.6 Å². The second kappa shape index (κ2) is 8.90. The van der Waals surface area contributed by atoms with Gasteiger partial charge in [0.05, 0.1) is 13.0 Å². The largest absolute Gasteiger partial charge is 0.489 e. The van der Waals surface area contributed by atoms with E-state index in [-0.39, 0.29) is 35.5 Å². The number of methoxy groups -OCH3 is 1. The average Bonchev–Trinajstić information content (AvgIpc) is 3.09. The fraction of sp³-hybridized carbons (Fsp3) is 0.440. The second-order valence-corrected chi connectivity index (χ2v) is 8.47. The summed E-state index contributed by atoms with van der Waals surface area (Å²) in [5.41, 5.74) is 3.55. The summed E-state index contributed by atoms with van der Waals surface area (Å²) in [5.74, 6) is 0.710. The van der Waals surface area contributed by atoms with Crippen LogP contribution >= 0.6 is 0 Å². The first kappa shape index (κ1) is 20.5. The third kappa shape index (κ3) is 4.20. The Hall–Kier alpha value is -2.82. The van der Waals surface area contributed by atoms with Crippen molar-refractivity contribution in [1.82, 2.24) is 5.32 Å². The highest BCUT2D eigenvalue weighted by atomic mass is 16.5. The lowest BCUT2D eigenvalue weighted by atomic mass is 9.80. The summed E-state index contributed by atoms with van der Waals surface area (Å²) in [6.45, 7) is 3.20. The standard InChI is InChI=1S/C25H29NO4/c1-16-12-21-20-9-8-19(30-15-17-6-4-3-5-7-17)13-18(20)10-11-26-23(27)14-22(21)24(16)25(28)29-2/h3-9,13,16,21-22,24H,10-12,14-15H2,1-2H3,(H,26,27)/t16-,21+,22+,24+/m0/s1. The number of rotatable bonds is 4. The van der Waals surface area contributed by atoms with Crippen molar-refractivity contribution in [3.63, 3.8) is 0 Å². The third-order valence-corrected chi connectivity index (χ3v) is 6.59. The van der Waals surface area contributed by atoms with Gasteiger partial charge < -0.3 is 14.8 Å². The number of nitrogens with one attached hydrogen (secondary N) is 1. The van der Waals surface area contributed by atoms with Crippen molar-refractivity contribution in [3.8, 4) is 5.75 Å². The molecule has 0 spiro atoms. The van der Waals surface area contributed by atoms with Crippen LogP contribution in [-0.2, 0) is 27.4 Å². The minimum absolute atomic E-state index is 0.0151. The number of fused-ring (bicyclic) bond motifs is 3. The van der Waals surface area contributed by atoms with Gasteiger partial charge in [0.15, 0.2) is 0 Å². The highest BCUT2D eigenvalue weighted by Gasteiger charge is 2.47. The van der Waals surface area contributed by atoms with E-state index >= 15 is 0 Å². The van der Waals surface area contributed by atoms with E-state index in [0.717, 1.165) is 24.2 Å². The van der Waals surface area contributed by atoms with Crippen molar-refractivity contribution in [2.45, 2.75) is 38.7 Å². The summed E-state index contributed by atoms with van der Waals surface area (Å²) >= 11 is 0. The maximum Gasteiger partial charge on any atom is 0.309 e. The molecule has 1 saturated carbocycles. The molecule has 4 atom stereocenters. The lowest BCUT2D eigenvalue weighted by Gasteiger charge is -2.24. The minimum atomic E-state index is -0.245. The molecular formula is C25H29NO4. The lowest BCUT2D eigenvalue weighted by molar-refractivity contribution is -0.148.